The highest BCUT2D eigenvalue weighted by Gasteiger charge is 2.51. The Morgan fingerprint density at radius 1 is 0.870 bits per heavy atom. The molecule has 1 aliphatic heterocycles. The van der Waals surface area contributed by atoms with Crippen molar-refractivity contribution in [3.63, 3.8) is 0 Å². The van der Waals surface area contributed by atoms with Crippen LogP contribution < -0.4 is 0 Å². The van der Waals surface area contributed by atoms with Crippen LogP contribution in [0, 0.1) is 0 Å². The normalized spacial score (nSPS) is 21.8. The molecule has 1 fully saturated rings. The molecule has 0 spiro atoms. The van der Waals surface area contributed by atoms with Gasteiger partial charge in [0.1, 0.15) is 0 Å². The van der Waals surface area contributed by atoms with Crippen LogP contribution in [-0.2, 0) is 9.31 Å². The van der Waals surface area contributed by atoms with Gasteiger partial charge >= 0.3 is 7.12 Å². The van der Waals surface area contributed by atoms with Gasteiger partial charge in [-0.05, 0) is 46.1 Å². The van der Waals surface area contributed by atoms with E-state index >= 15 is 0 Å². The van der Waals surface area contributed by atoms with Gasteiger partial charge in [0.25, 0.3) is 0 Å². The fraction of sp³-hybridized carbons (Fsp3) is 0.895. The second-order valence-corrected chi connectivity index (χ2v) is 15.4. The van der Waals surface area contributed by atoms with E-state index in [-0.39, 0.29) is 18.3 Å². The fourth-order valence-electron chi connectivity index (χ4n) is 4.17. The lowest BCUT2D eigenvalue weighted by molar-refractivity contribution is 0.00578. The molecule has 2 nitrogen and oxygen atoms in total. The van der Waals surface area contributed by atoms with Crippen molar-refractivity contribution in [1.29, 1.82) is 0 Å². The molecule has 134 valence electrons. The highest BCUT2D eigenvalue weighted by molar-refractivity contribution is 6.84. The molecule has 0 aliphatic carbocycles. The Kier molecular flexibility index (Phi) is 6.43. The Morgan fingerprint density at radius 3 is 1.52 bits per heavy atom. The summed E-state index contributed by atoms with van der Waals surface area (Å²) in [5, 5.41) is 0. The van der Waals surface area contributed by atoms with E-state index < -0.39 is 8.07 Å². The third-order valence-corrected chi connectivity index (χ3v) is 14.0. The molecule has 0 amide bonds. The SMILES string of the molecule is C/C(=C\C[Si](C(C)C)(C(C)C)C(C)C)B1OC(C)(C)C(C)(C)O1. The van der Waals surface area contributed by atoms with E-state index in [0.29, 0.717) is 0 Å². The lowest BCUT2D eigenvalue weighted by Crippen LogP contribution is -2.43. The minimum Gasteiger partial charge on any atom is -0.400 e. The zero-order valence-corrected chi connectivity index (χ0v) is 18.4. The van der Waals surface area contributed by atoms with Gasteiger partial charge in [0.15, 0.2) is 0 Å². The molecule has 1 heterocycles. The summed E-state index contributed by atoms with van der Waals surface area (Å²) in [6.07, 6.45) is 2.42. The zero-order valence-electron chi connectivity index (χ0n) is 17.4. The van der Waals surface area contributed by atoms with Crippen LogP contribution in [0.3, 0.4) is 0 Å². The summed E-state index contributed by atoms with van der Waals surface area (Å²) in [7, 11) is -1.60. The van der Waals surface area contributed by atoms with Crippen molar-refractivity contribution in [3.05, 3.63) is 11.5 Å². The molecule has 0 aromatic rings. The van der Waals surface area contributed by atoms with Crippen LogP contribution in [0.2, 0.25) is 22.7 Å². The number of rotatable bonds is 6. The highest BCUT2D eigenvalue weighted by atomic mass is 28.3. The van der Waals surface area contributed by atoms with Gasteiger partial charge in [0.2, 0.25) is 0 Å². The Labute approximate surface area is 146 Å². The maximum Gasteiger partial charge on any atom is 0.489 e. The first-order valence-corrected chi connectivity index (χ1v) is 11.7. The molecule has 0 aromatic heterocycles. The Morgan fingerprint density at radius 2 is 1.22 bits per heavy atom. The summed E-state index contributed by atoms with van der Waals surface area (Å²) < 4.78 is 12.4. The molecule has 0 bridgehead atoms. The molecule has 1 rings (SSSR count). The summed E-state index contributed by atoms with van der Waals surface area (Å²) in [5.74, 6) is 0. The van der Waals surface area contributed by atoms with Crippen LogP contribution in [0.1, 0.15) is 76.2 Å². The van der Waals surface area contributed by atoms with Crippen LogP contribution in [0.25, 0.3) is 0 Å². The van der Waals surface area contributed by atoms with Crippen molar-refractivity contribution in [2.24, 2.45) is 0 Å². The van der Waals surface area contributed by atoms with E-state index in [9.17, 15) is 0 Å². The Bertz CT molecular complexity index is 401. The number of allylic oxidation sites excluding steroid dienone is 2. The Hall–Kier alpha value is -0.0582. The second-order valence-electron chi connectivity index (χ2n) is 9.32. The predicted molar refractivity (Wildman–Crippen MR) is 106 cm³/mol. The van der Waals surface area contributed by atoms with Gasteiger partial charge in [-0.3, -0.25) is 0 Å². The van der Waals surface area contributed by atoms with E-state index in [1.54, 1.807) is 0 Å². The van der Waals surface area contributed by atoms with Gasteiger partial charge in [0.05, 0.1) is 19.3 Å². The van der Waals surface area contributed by atoms with Crippen molar-refractivity contribution in [2.45, 2.75) is 110 Å². The molecule has 23 heavy (non-hydrogen) atoms. The zero-order chi connectivity index (χ0) is 18.2. The molecule has 0 aromatic carbocycles. The molecule has 0 saturated carbocycles. The average molecular weight is 338 g/mol. The third kappa shape index (κ3) is 3.96. The minimum atomic E-state index is -1.40. The standard InChI is InChI=1S/C19H39BO2Si/c1-14(2)23(15(3)4,16(5)6)13-12-17(7)20-21-18(8,9)19(10,11)22-20/h12,14-16H,13H2,1-11H3/b17-12+. The maximum atomic E-state index is 6.20. The van der Waals surface area contributed by atoms with Crippen LogP contribution >= 0.6 is 0 Å². The Balaban J connectivity index is 2.99. The molecular weight excluding hydrogens is 299 g/mol. The van der Waals surface area contributed by atoms with Crippen LogP contribution in [-0.4, -0.2) is 26.4 Å². The molecule has 1 aliphatic rings. The highest BCUT2D eigenvalue weighted by Crippen LogP contribution is 2.45. The molecule has 0 N–H and O–H groups in total. The van der Waals surface area contributed by atoms with Gasteiger partial charge in [-0.25, -0.2) is 0 Å². The van der Waals surface area contributed by atoms with Gasteiger partial charge in [0, 0.05) is 0 Å². The van der Waals surface area contributed by atoms with E-state index in [4.69, 9.17) is 9.31 Å². The van der Waals surface area contributed by atoms with Crippen LogP contribution in [0.4, 0.5) is 0 Å². The van der Waals surface area contributed by atoms with Gasteiger partial charge in [-0.2, -0.15) is 0 Å². The largest absolute Gasteiger partial charge is 0.489 e. The molecule has 1 saturated heterocycles. The van der Waals surface area contributed by atoms with E-state index in [1.807, 2.05) is 0 Å². The summed E-state index contributed by atoms with van der Waals surface area (Å²) in [5.41, 5.74) is 3.08. The molecule has 4 heteroatoms. The van der Waals surface area contributed by atoms with E-state index in [0.717, 1.165) is 16.6 Å². The van der Waals surface area contributed by atoms with Crippen molar-refractivity contribution >= 4 is 15.2 Å². The lowest BCUT2D eigenvalue weighted by atomic mass is 9.79. The molecule has 0 atom stereocenters. The van der Waals surface area contributed by atoms with Gasteiger partial charge < -0.3 is 9.31 Å². The summed E-state index contributed by atoms with van der Waals surface area (Å²) in [6.45, 7) is 25.2. The number of hydrogen-bond donors (Lipinski definition) is 0. The van der Waals surface area contributed by atoms with Gasteiger partial charge in [-0.1, -0.05) is 64.2 Å². The molecule has 0 unspecified atom stereocenters. The fourth-order valence-corrected chi connectivity index (χ4v) is 10.3. The van der Waals surface area contributed by atoms with Crippen molar-refractivity contribution in [1.82, 2.24) is 0 Å². The van der Waals surface area contributed by atoms with Crippen LogP contribution in [0.15, 0.2) is 11.5 Å². The second kappa shape index (κ2) is 7.05. The molecule has 0 radical (unpaired) electrons. The van der Waals surface area contributed by atoms with Gasteiger partial charge in [-0.15, -0.1) is 0 Å². The minimum absolute atomic E-state index is 0.196. The monoisotopic (exact) mass is 338 g/mol. The molecular formula is C19H39BO2Si. The topological polar surface area (TPSA) is 18.5 Å². The van der Waals surface area contributed by atoms with Crippen molar-refractivity contribution in [2.75, 3.05) is 0 Å². The van der Waals surface area contributed by atoms with Crippen LogP contribution in [0.5, 0.6) is 0 Å². The summed E-state index contributed by atoms with van der Waals surface area (Å²) in [4.78, 5) is 0. The lowest BCUT2D eigenvalue weighted by Gasteiger charge is -2.43. The first-order chi connectivity index (χ1) is 10.3. The summed E-state index contributed by atoms with van der Waals surface area (Å²) >= 11 is 0. The smallest absolute Gasteiger partial charge is 0.400 e. The van der Waals surface area contributed by atoms with Crippen molar-refractivity contribution < 1.29 is 9.31 Å². The quantitative estimate of drug-likeness (QED) is 0.533. The first kappa shape index (κ1) is 21.0. The van der Waals surface area contributed by atoms with E-state index in [1.165, 1.54) is 11.5 Å². The predicted octanol–water partition coefficient (Wildman–Crippen LogP) is 6.24. The summed E-state index contributed by atoms with van der Waals surface area (Å²) in [6, 6.07) is 1.22. The maximum absolute atomic E-state index is 6.20. The first-order valence-electron chi connectivity index (χ1n) is 9.30. The van der Waals surface area contributed by atoms with Crippen molar-refractivity contribution in [3.8, 4) is 0 Å². The van der Waals surface area contributed by atoms with E-state index in [2.05, 4.69) is 82.2 Å². The third-order valence-electron chi connectivity index (χ3n) is 6.63. The average Bonchev–Trinajstić information content (AvgIpc) is 2.57. The number of hydrogen-bond acceptors (Lipinski definition) is 2.